The van der Waals surface area contributed by atoms with Crippen molar-refractivity contribution in [3.8, 4) is 0 Å². The first-order valence-electron chi connectivity index (χ1n) is 7.41. The van der Waals surface area contributed by atoms with Crippen LogP contribution < -0.4 is 5.73 Å². The van der Waals surface area contributed by atoms with Crippen molar-refractivity contribution in [3.63, 3.8) is 0 Å². The topological polar surface area (TPSA) is 26.0 Å². The lowest BCUT2D eigenvalue weighted by Crippen LogP contribution is -2.31. The lowest BCUT2D eigenvalue weighted by Gasteiger charge is -2.29. The number of hydrogen-bond donors (Lipinski definition) is 1. The van der Waals surface area contributed by atoms with Gasteiger partial charge in [-0.2, -0.15) is 0 Å². The first-order chi connectivity index (χ1) is 8.62. The van der Waals surface area contributed by atoms with Crippen LogP contribution in [-0.4, -0.2) is 6.54 Å². The van der Waals surface area contributed by atoms with E-state index in [1.54, 1.807) is 0 Å². The van der Waals surface area contributed by atoms with E-state index in [1.807, 2.05) is 0 Å². The highest BCUT2D eigenvalue weighted by Gasteiger charge is 2.52. The van der Waals surface area contributed by atoms with Crippen molar-refractivity contribution >= 4 is 0 Å². The second-order valence-electron chi connectivity index (χ2n) is 6.94. The van der Waals surface area contributed by atoms with E-state index in [1.165, 1.54) is 36.8 Å². The van der Waals surface area contributed by atoms with Crippen molar-refractivity contribution in [2.75, 3.05) is 6.54 Å². The Bertz CT molecular complexity index is 408. The van der Waals surface area contributed by atoms with Gasteiger partial charge in [-0.1, -0.05) is 38.1 Å². The lowest BCUT2D eigenvalue weighted by molar-refractivity contribution is 0.273. The summed E-state index contributed by atoms with van der Waals surface area (Å²) in [6.07, 6.45) is 5.42. The monoisotopic (exact) mass is 243 g/mol. The van der Waals surface area contributed by atoms with Crippen LogP contribution in [0.25, 0.3) is 0 Å². The standard InChI is InChI=1S/C17H25N/c1-12(2)14-5-3-13(4-6-14)8-17(11-18)9-15-7-16(15)10-17/h3-6,12,15-16H,7-11,18H2,1-2H3. The molecule has 1 aromatic carbocycles. The van der Waals surface area contributed by atoms with E-state index in [9.17, 15) is 0 Å². The van der Waals surface area contributed by atoms with Crippen molar-refractivity contribution in [1.29, 1.82) is 0 Å². The molecule has 3 rings (SSSR count). The van der Waals surface area contributed by atoms with Crippen LogP contribution in [-0.2, 0) is 6.42 Å². The van der Waals surface area contributed by atoms with E-state index in [2.05, 4.69) is 38.1 Å². The molecule has 1 nitrogen and oxygen atoms in total. The Morgan fingerprint density at radius 1 is 1.17 bits per heavy atom. The van der Waals surface area contributed by atoms with Crippen molar-refractivity contribution in [2.24, 2.45) is 23.0 Å². The molecule has 2 aliphatic carbocycles. The third kappa shape index (κ3) is 2.21. The summed E-state index contributed by atoms with van der Waals surface area (Å²) in [6.45, 7) is 5.37. The molecule has 2 unspecified atom stereocenters. The van der Waals surface area contributed by atoms with E-state index < -0.39 is 0 Å². The second-order valence-corrected chi connectivity index (χ2v) is 6.94. The second kappa shape index (κ2) is 4.38. The molecule has 2 fully saturated rings. The van der Waals surface area contributed by atoms with Crippen LogP contribution in [0, 0.1) is 17.3 Å². The van der Waals surface area contributed by atoms with Gasteiger partial charge in [0, 0.05) is 0 Å². The van der Waals surface area contributed by atoms with Crippen LogP contribution in [0.5, 0.6) is 0 Å². The minimum absolute atomic E-state index is 0.424. The van der Waals surface area contributed by atoms with Crippen LogP contribution in [0.4, 0.5) is 0 Å². The minimum atomic E-state index is 0.424. The summed E-state index contributed by atoms with van der Waals surface area (Å²) < 4.78 is 0. The highest BCUT2D eigenvalue weighted by atomic mass is 14.7. The fourth-order valence-corrected chi connectivity index (χ4v) is 3.84. The summed E-state index contributed by atoms with van der Waals surface area (Å²) in [4.78, 5) is 0. The summed E-state index contributed by atoms with van der Waals surface area (Å²) >= 11 is 0. The van der Waals surface area contributed by atoms with Crippen LogP contribution in [0.2, 0.25) is 0 Å². The summed E-state index contributed by atoms with van der Waals surface area (Å²) in [6, 6.07) is 9.22. The first kappa shape index (κ1) is 12.2. The van der Waals surface area contributed by atoms with Gasteiger partial charge in [0.1, 0.15) is 0 Å². The van der Waals surface area contributed by atoms with Crippen LogP contribution >= 0.6 is 0 Å². The maximum Gasteiger partial charge on any atom is -0.00171 e. The zero-order valence-electron chi connectivity index (χ0n) is 11.7. The third-order valence-corrected chi connectivity index (χ3v) is 5.12. The molecule has 2 N–H and O–H groups in total. The molecule has 0 aromatic heterocycles. The van der Waals surface area contributed by atoms with Crippen LogP contribution in [0.1, 0.15) is 50.2 Å². The van der Waals surface area contributed by atoms with Gasteiger partial charge in [-0.05, 0) is 66.5 Å². The minimum Gasteiger partial charge on any atom is -0.330 e. The van der Waals surface area contributed by atoms with Crippen LogP contribution in [0.3, 0.4) is 0 Å². The Morgan fingerprint density at radius 3 is 2.28 bits per heavy atom. The molecule has 0 radical (unpaired) electrons. The molecule has 0 heterocycles. The van der Waals surface area contributed by atoms with Gasteiger partial charge in [-0.25, -0.2) is 0 Å². The summed E-state index contributed by atoms with van der Waals surface area (Å²) in [5.41, 5.74) is 9.42. The van der Waals surface area contributed by atoms with E-state index in [4.69, 9.17) is 5.73 Å². The van der Waals surface area contributed by atoms with E-state index in [0.29, 0.717) is 11.3 Å². The average Bonchev–Trinajstić information content (AvgIpc) is 2.98. The fraction of sp³-hybridized carbons (Fsp3) is 0.647. The number of nitrogens with two attached hydrogens (primary N) is 1. The first-order valence-corrected chi connectivity index (χ1v) is 7.41. The smallest absolute Gasteiger partial charge is 0.00171 e. The Morgan fingerprint density at radius 2 is 1.78 bits per heavy atom. The van der Waals surface area contributed by atoms with E-state index >= 15 is 0 Å². The predicted molar refractivity (Wildman–Crippen MR) is 76.6 cm³/mol. The van der Waals surface area contributed by atoms with Crippen LogP contribution in [0.15, 0.2) is 24.3 Å². The molecule has 0 bridgehead atoms. The van der Waals surface area contributed by atoms with Crippen molar-refractivity contribution in [1.82, 2.24) is 0 Å². The molecule has 1 aromatic rings. The molecule has 98 valence electrons. The SMILES string of the molecule is CC(C)c1ccc(CC2(CN)CC3CC3C2)cc1. The van der Waals surface area contributed by atoms with Gasteiger partial charge in [-0.3, -0.25) is 0 Å². The zero-order valence-corrected chi connectivity index (χ0v) is 11.7. The number of benzene rings is 1. The van der Waals surface area contributed by atoms with E-state index in [-0.39, 0.29) is 0 Å². The van der Waals surface area contributed by atoms with Crippen molar-refractivity contribution < 1.29 is 0 Å². The summed E-state index contributed by atoms with van der Waals surface area (Å²) in [5, 5.41) is 0. The molecular weight excluding hydrogens is 218 g/mol. The number of hydrogen-bond acceptors (Lipinski definition) is 1. The maximum atomic E-state index is 6.08. The van der Waals surface area contributed by atoms with Crippen molar-refractivity contribution in [3.05, 3.63) is 35.4 Å². The fourth-order valence-electron chi connectivity index (χ4n) is 3.84. The van der Waals surface area contributed by atoms with Gasteiger partial charge in [0.25, 0.3) is 0 Å². The van der Waals surface area contributed by atoms with Crippen molar-refractivity contribution in [2.45, 2.75) is 45.4 Å². The molecule has 18 heavy (non-hydrogen) atoms. The highest BCUT2D eigenvalue weighted by molar-refractivity contribution is 5.26. The summed E-state index contributed by atoms with van der Waals surface area (Å²) in [7, 11) is 0. The van der Waals surface area contributed by atoms with Gasteiger partial charge in [0.2, 0.25) is 0 Å². The van der Waals surface area contributed by atoms with Gasteiger partial charge in [-0.15, -0.1) is 0 Å². The Hall–Kier alpha value is -0.820. The third-order valence-electron chi connectivity index (χ3n) is 5.12. The molecule has 2 atom stereocenters. The molecule has 1 heteroatoms. The molecule has 2 aliphatic rings. The Balaban J connectivity index is 1.71. The van der Waals surface area contributed by atoms with Gasteiger partial charge >= 0.3 is 0 Å². The van der Waals surface area contributed by atoms with Gasteiger partial charge in [0.15, 0.2) is 0 Å². The molecule has 0 saturated heterocycles. The van der Waals surface area contributed by atoms with Gasteiger partial charge in [0.05, 0.1) is 0 Å². The molecule has 0 spiro atoms. The predicted octanol–water partition coefficient (Wildman–Crippen LogP) is 3.73. The molecule has 2 saturated carbocycles. The molecule has 0 aliphatic heterocycles. The largest absolute Gasteiger partial charge is 0.330 e. The summed E-state index contributed by atoms with van der Waals surface area (Å²) in [5.74, 6) is 2.66. The van der Waals surface area contributed by atoms with E-state index in [0.717, 1.165) is 18.4 Å². The Labute approximate surface area is 111 Å². The number of rotatable bonds is 4. The molecular formula is C17H25N. The van der Waals surface area contributed by atoms with Gasteiger partial charge < -0.3 is 5.73 Å². The number of fused-ring (bicyclic) bond motifs is 1. The highest BCUT2D eigenvalue weighted by Crippen LogP contribution is 2.60. The molecule has 0 amide bonds. The normalized spacial score (nSPS) is 33.8. The average molecular weight is 243 g/mol. The lowest BCUT2D eigenvalue weighted by atomic mass is 9.77. The Kier molecular flexibility index (Phi) is 2.97. The quantitative estimate of drug-likeness (QED) is 0.857. The zero-order chi connectivity index (χ0) is 12.8. The maximum absolute atomic E-state index is 6.08.